The minimum atomic E-state index is -1.20. The second-order valence-corrected chi connectivity index (χ2v) is 7.66. The largest absolute Gasteiger partial charge is 0.497 e. The molecule has 1 aliphatic rings. The lowest BCUT2D eigenvalue weighted by Crippen LogP contribution is -2.45. The summed E-state index contributed by atoms with van der Waals surface area (Å²) < 4.78 is 5.13. The van der Waals surface area contributed by atoms with E-state index in [9.17, 15) is 14.4 Å². The summed E-state index contributed by atoms with van der Waals surface area (Å²) in [4.78, 5) is 40.5. The fourth-order valence-electron chi connectivity index (χ4n) is 3.29. The van der Waals surface area contributed by atoms with E-state index in [0.717, 1.165) is 11.3 Å². The van der Waals surface area contributed by atoms with E-state index >= 15 is 0 Å². The number of ether oxygens (including phenoxy) is 1. The van der Waals surface area contributed by atoms with Crippen LogP contribution in [-0.4, -0.2) is 54.4 Å². The molecule has 4 amide bonds. The van der Waals surface area contributed by atoms with Crippen LogP contribution in [-0.2, 0) is 15.1 Å². The predicted molar refractivity (Wildman–Crippen MR) is 102 cm³/mol. The van der Waals surface area contributed by atoms with Crippen molar-refractivity contribution in [2.75, 3.05) is 20.7 Å². The molecule has 0 aliphatic carbocycles. The zero-order chi connectivity index (χ0) is 20.4. The molecular weight excluding hydrogens is 346 g/mol. The van der Waals surface area contributed by atoms with Crippen molar-refractivity contribution in [2.45, 2.75) is 45.7 Å². The Morgan fingerprint density at radius 2 is 1.81 bits per heavy atom. The number of benzene rings is 1. The summed E-state index contributed by atoms with van der Waals surface area (Å²) in [5, 5.41) is 2.72. The summed E-state index contributed by atoms with van der Waals surface area (Å²) in [6.07, 6.45) is 0.853. The van der Waals surface area contributed by atoms with Gasteiger partial charge in [-0.05, 0) is 43.9 Å². The van der Waals surface area contributed by atoms with Crippen LogP contribution in [0.2, 0.25) is 0 Å². The molecule has 1 saturated heterocycles. The Hall–Kier alpha value is -2.57. The van der Waals surface area contributed by atoms with Crippen molar-refractivity contribution in [1.82, 2.24) is 15.1 Å². The van der Waals surface area contributed by atoms with Gasteiger partial charge in [0.25, 0.3) is 5.91 Å². The fourth-order valence-corrected chi connectivity index (χ4v) is 3.29. The molecule has 2 atom stereocenters. The number of imide groups is 1. The third-order valence-corrected chi connectivity index (χ3v) is 5.10. The number of rotatable bonds is 7. The highest BCUT2D eigenvalue weighted by atomic mass is 16.5. The van der Waals surface area contributed by atoms with Gasteiger partial charge in [0.2, 0.25) is 5.91 Å². The monoisotopic (exact) mass is 375 g/mol. The van der Waals surface area contributed by atoms with Gasteiger partial charge in [0.05, 0.1) is 7.11 Å². The molecule has 1 fully saturated rings. The molecular formula is C20H29N3O4. The highest BCUT2D eigenvalue weighted by molar-refractivity contribution is 6.09. The molecule has 1 heterocycles. The number of hydrogen-bond acceptors (Lipinski definition) is 4. The molecule has 1 aromatic rings. The Kier molecular flexibility index (Phi) is 6.13. The first-order valence-electron chi connectivity index (χ1n) is 9.14. The van der Waals surface area contributed by atoms with E-state index in [1.54, 1.807) is 50.2 Å². The molecule has 1 N–H and O–H groups in total. The maximum Gasteiger partial charge on any atom is 0.325 e. The Morgan fingerprint density at radius 1 is 1.22 bits per heavy atom. The smallest absolute Gasteiger partial charge is 0.325 e. The van der Waals surface area contributed by atoms with Crippen LogP contribution in [0.1, 0.15) is 39.7 Å². The molecule has 0 radical (unpaired) electrons. The highest BCUT2D eigenvalue weighted by Crippen LogP contribution is 2.30. The lowest BCUT2D eigenvalue weighted by Gasteiger charge is -2.28. The minimum Gasteiger partial charge on any atom is -0.497 e. The average molecular weight is 375 g/mol. The number of carbonyl (C=O) groups excluding carboxylic acids is 3. The second-order valence-electron chi connectivity index (χ2n) is 7.66. The summed E-state index contributed by atoms with van der Waals surface area (Å²) >= 11 is 0. The summed E-state index contributed by atoms with van der Waals surface area (Å²) in [7, 11) is 3.26. The molecule has 2 rings (SSSR count). The normalized spacial score (nSPS) is 20.6. The number of nitrogens with one attached hydrogen (secondary N) is 1. The SMILES string of the molecule is COc1ccc(C2(C)NC(=O)N(CC(=O)N(C)C(C)CC(C)C)C2=O)cc1. The molecule has 0 bridgehead atoms. The molecule has 2 unspecified atom stereocenters. The van der Waals surface area contributed by atoms with E-state index in [1.165, 1.54) is 0 Å². The Morgan fingerprint density at radius 3 is 2.33 bits per heavy atom. The molecule has 7 nitrogen and oxygen atoms in total. The van der Waals surface area contributed by atoms with Crippen LogP contribution in [0.3, 0.4) is 0 Å². The van der Waals surface area contributed by atoms with Gasteiger partial charge >= 0.3 is 6.03 Å². The van der Waals surface area contributed by atoms with Gasteiger partial charge in [-0.1, -0.05) is 26.0 Å². The van der Waals surface area contributed by atoms with Crippen LogP contribution in [0.5, 0.6) is 5.75 Å². The molecule has 1 aromatic carbocycles. The van der Waals surface area contributed by atoms with E-state index in [-0.39, 0.29) is 18.5 Å². The maximum absolute atomic E-state index is 12.9. The minimum absolute atomic E-state index is 0.0336. The van der Waals surface area contributed by atoms with Crippen LogP contribution in [0.25, 0.3) is 0 Å². The lowest BCUT2D eigenvalue weighted by atomic mass is 9.92. The number of amides is 4. The molecule has 0 saturated carbocycles. The van der Waals surface area contributed by atoms with Gasteiger partial charge in [-0.3, -0.25) is 14.5 Å². The zero-order valence-corrected chi connectivity index (χ0v) is 16.9. The van der Waals surface area contributed by atoms with Gasteiger partial charge in [0, 0.05) is 13.1 Å². The van der Waals surface area contributed by atoms with E-state index in [0.29, 0.717) is 17.2 Å². The number of nitrogens with zero attached hydrogens (tertiary/aromatic N) is 2. The number of carbonyl (C=O) groups is 3. The lowest BCUT2D eigenvalue weighted by molar-refractivity contribution is -0.139. The summed E-state index contributed by atoms with van der Waals surface area (Å²) in [5.41, 5.74) is -0.565. The van der Waals surface area contributed by atoms with Crippen molar-refractivity contribution >= 4 is 17.8 Å². The van der Waals surface area contributed by atoms with Gasteiger partial charge in [0.1, 0.15) is 17.8 Å². The van der Waals surface area contributed by atoms with Crippen molar-refractivity contribution in [2.24, 2.45) is 5.92 Å². The Labute approximate surface area is 160 Å². The van der Waals surface area contributed by atoms with Crippen LogP contribution in [0.15, 0.2) is 24.3 Å². The first-order valence-corrected chi connectivity index (χ1v) is 9.14. The van der Waals surface area contributed by atoms with Crippen LogP contribution < -0.4 is 10.1 Å². The van der Waals surface area contributed by atoms with E-state index in [2.05, 4.69) is 19.2 Å². The standard InChI is InChI=1S/C20H29N3O4/c1-13(2)11-14(3)22(5)17(24)12-23-18(25)20(4,21-19(23)26)15-7-9-16(27-6)10-8-15/h7-10,13-14H,11-12H2,1-6H3,(H,21,26). The molecule has 148 valence electrons. The molecule has 7 heteroatoms. The summed E-state index contributed by atoms with van der Waals surface area (Å²) in [6, 6.07) is 6.41. The van der Waals surface area contributed by atoms with Gasteiger partial charge in [-0.2, -0.15) is 0 Å². The molecule has 1 aliphatic heterocycles. The van der Waals surface area contributed by atoms with Crippen LogP contribution in [0.4, 0.5) is 4.79 Å². The van der Waals surface area contributed by atoms with Crippen molar-refractivity contribution in [3.05, 3.63) is 29.8 Å². The van der Waals surface area contributed by atoms with Gasteiger partial charge < -0.3 is 15.0 Å². The Balaban J connectivity index is 2.14. The van der Waals surface area contributed by atoms with Crippen molar-refractivity contribution in [3.8, 4) is 5.75 Å². The van der Waals surface area contributed by atoms with Crippen molar-refractivity contribution in [3.63, 3.8) is 0 Å². The third-order valence-electron chi connectivity index (χ3n) is 5.10. The fraction of sp³-hybridized carbons (Fsp3) is 0.550. The predicted octanol–water partition coefficient (Wildman–Crippen LogP) is 2.36. The van der Waals surface area contributed by atoms with E-state index < -0.39 is 17.5 Å². The molecule has 0 aromatic heterocycles. The molecule has 0 spiro atoms. The van der Waals surface area contributed by atoms with Crippen molar-refractivity contribution < 1.29 is 19.1 Å². The van der Waals surface area contributed by atoms with Crippen LogP contribution >= 0.6 is 0 Å². The molecule has 27 heavy (non-hydrogen) atoms. The van der Waals surface area contributed by atoms with Crippen LogP contribution in [0, 0.1) is 5.92 Å². The number of likely N-dealkylation sites (N-methyl/N-ethyl adjacent to an activating group) is 1. The zero-order valence-electron chi connectivity index (χ0n) is 16.9. The van der Waals surface area contributed by atoms with Gasteiger partial charge in [0.15, 0.2) is 0 Å². The third kappa shape index (κ3) is 4.23. The van der Waals surface area contributed by atoms with Crippen molar-refractivity contribution in [1.29, 1.82) is 0 Å². The van der Waals surface area contributed by atoms with E-state index in [4.69, 9.17) is 4.74 Å². The summed E-state index contributed by atoms with van der Waals surface area (Å²) in [6.45, 7) is 7.52. The first kappa shape index (κ1) is 20.7. The topological polar surface area (TPSA) is 79.0 Å². The quantitative estimate of drug-likeness (QED) is 0.742. The number of hydrogen-bond donors (Lipinski definition) is 1. The first-order chi connectivity index (χ1) is 12.6. The van der Waals surface area contributed by atoms with Gasteiger partial charge in [-0.15, -0.1) is 0 Å². The average Bonchev–Trinajstić information content (AvgIpc) is 2.84. The Bertz CT molecular complexity index is 716. The number of methoxy groups -OCH3 is 1. The van der Waals surface area contributed by atoms with E-state index in [1.807, 2.05) is 6.92 Å². The van der Waals surface area contributed by atoms with Gasteiger partial charge in [-0.25, -0.2) is 4.79 Å². The summed E-state index contributed by atoms with van der Waals surface area (Å²) in [5.74, 6) is 0.416. The highest BCUT2D eigenvalue weighted by Gasteiger charge is 2.49. The number of urea groups is 1. The maximum atomic E-state index is 12.9. The second kappa shape index (κ2) is 7.98.